The van der Waals surface area contributed by atoms with Gasteiger partial charge in [-0.1, -0.05) is 54.0 Å². The number of carboxylic acid groups (broad SMARTS) is 1. The summed E-state index contributed by atoms with van der Waals surface area (Å²) in [5.41, 5.74) is -2.09. The number of hydrogen-bond donors (Lipinski definition) is 2. The molecule has 0 spiro atoms. The molecule has 10 atom stereocenters. The number of fused-ring (bicyclic) bond motifs is 7. The Kier molecular flexibility index (Phi) is 9.06. The number of carbonyl (C=O) groups excluding carboxylic acids is 3. The summed E-state index contributed by atoms with van der Waals surface area (Å²) in [5.74, 6) is -2.21. The molecule has 0 bridgehead atoms. The Labute approximate surface area is 300 Å². The molecule has 51 heavy (non-hydrogen) atoms. The number of carbonyl (C=O) groups is 4. The zero-order valence-corrected chi connectivity index (χ0v) is 31.9. The van der Waals surface area contributed by atoms with Gasteiger partial charge in [-0.2, -0.15) is 0 Å². The van der Waals surface area contributed by atoms with Gasteiger partial charge < -0.3 is 28.7 Å². The monoisotopic (exact) mass is 711 g/mol. The second kappa shape index (κ2) is 12.4. The molecule has 5 aliphatic carbocycles. The van der Waals surface area contributed by atoms with Gasteiger partial charge in [-0.05, 0) is 111 Å². The maximum absolute atomic E-state index is 14.8. The van der Waals surface area contributed by atoms with Gasteiger partial charge >= 0.3 is 23.9 Å². The Balaban J connectivity index is 1.35. The van der Waals surface area contributed by atoms with Crippen molar-refractivity contribution in [3.8, 4) is 0 Å². The number of allylic oxidation sites excluding steroid dienone is 2. The number of rotatable bonds is 7. The van der Waals surface area contributed by atoms with Gasteiger partial charge in [0.2, 0.25) is 0 Å². The molecule has 4 fully saturated rings. The van der Waals surface area contributed by atoms with Gasteiger partial charge in [0, 0.05) is 18.3 Å². The lowest BCUT2D eigenvalue weighted by atomic mass is 9.34. The first-order valence-corrected chi connectivity index (χ1v) is 18.9. The predicted molar refractivity (Wildman–Crippen MR) is 187 cm³/mol. The summed E-state index contributed by atoms with van der Waals surface area (Å²) < 4.78 is 22.0. The molecule has 6 rings (SSSR count). The van der Waals surface area contributed by atoms with Gasteiger partial charge in [0.25, 0.3) is 0 Å². The molecule has 0 unspecified atom stereocenters. The molecule has 1 aromatic rings. The molecule has 1 amide bonds. The third-order valence-electron chi connectivity index (χ3n) is 15.2. The van der Waals surface area contributed by atoms with Gasteiger partial charge in [-0.25, -0.2) is 9.59 Å². The molecule has 0 radical (unpaired) electrons. The van der Waals surface area contributed by atoms with Crippen molar-refractivity contribution in [2.45, 2.75) is 151 Å². The van der Waals surface area contributed by atoms with Crippen LogP contribution in [0.2, 0.25) is 0 Å². The van der Waals surface area contributed by atoms with E-state index in [0.29, 0.717) is 37.9 Å². The van der Waals surface area contributed by atoms with Gasteiger partial charge in [0.05, 0.1) is 11.0 Å². The highest BCUT2D eigenvalue weighted by molar-refractivity contribution is 5.96. The lowest BCUT2D eigenvalue weighted by Gasteiger charge is -2.70. The van der Waals surface area contributed by atoms with Crippen molar-refractivity contribution in [2.24, 2.45) is 44.8 Å². The smallest absolute Gasteiger partial charge is 0.481 e. The first kappa shape index (κ1) is 37.4. The summed E-state index contributed by atoms with van der Waals surface area (Å²) >= 11 is 0. The summed E-state index contributed by atoms with van der Waals surface area (Å²) in [6, 6.07) is 0. The molecule has 5 aliphatic rings. The second-order valence-corrected chi connectivity index (χ2v) is 18.3. The fraction of sp³-hybridized carbons (Fsp3) is 0.775. The van der Waals surface area contributed by atoms with E-state index < -0.39 is 45.8 Å². The fourth-order valence-corrected chi connectivity index (χ4v) is 11.9. The van der Waals surface area contributed by atoms with Crippen LogP contribution >= 0.6 is 0 Å². The molecule has 11 nitrogen and oxygen atoms in total. The molecule has 1 aromatic heterocycles. The Morgan fingerprint density at radius 1 is 0.961 bits per heavy atom. The molecular weight excluding hydrogens is 654 g/mol. The molecule has 4 saturated carbocycles. The average Bonchev–Trinajstić information content (AvgIpc) is 3.43. The van der Waals surface area contributed by atoms with Crippen LogP contribution in [0.25, 0.3) is 0 Å². The van der Waals surface area contributed by atoms with Crippen molar-refractivity contribution in [1.29, 1.82) is 0 Å². The quantitative estimate of drug-likeness (QED) is 0.268. The number of nitrogens with one attached hydrogen (secondary N) is 1. The summed E-state index contributed by atoms with van der Waals surface area (Å²) in [7, 11) is 0. The van der Waals surface area contributed by atoms with Crippen LogP contribution in [0, 0.1) is 44.8 Å². The summed E-state index contributed by atoms with van der Waals surface area (Å²) in [4.78, 5) is 65.5. The van der Waals surface area contributed by atoms with E-state index in [-0.39, 0.29) is 65.0 Å². The highest BCUT2D eigenvalue weighted by Gasteiger charge is 2.71. The standard InChI is InChI=1S/C40H57NO10/c1-10-29(43)50-28-12-13-37(6)27(40(28,9)41-33(46)48-21-26-30(22(2)3)51-34(47)49-26)11-14-39(8)31(37)25(42)19-23-24-20-36(5,32(44)45)16-15-35(24,4)17-18-38(23,39)7/h19,22,24,27-28,31H,10-18,20-21H2,1-9H3,(H,41,46)(H,44,45)/t24-,27+,28-,31+,35+,36-,37-,38+,39+,40-/m0/s1. The van der Waals surface area contributed by atoms with Crippen LogP contribution < -0.4 is 11.1 Å². The van der Waals surface area contributed by atoms with E-state index >= 15 is 0 Å². The Morgan fingerprint density at radius 2 is 1.65 bits per heavy atom. The van der Waals surface area contributed by atoms with E-state index in [1.165, 1.54) is 0 Å². The number of alkyl carbamates (subject to hydrolysis) is 1. The van der Waals surface area contributed by atoms with Gasteiger partial charge in [0.1, 0.15) is 6.10 Å². The fourth-order valence-electron chi connectivity index (χ4n) is 11.9. The molecule has 11 heteroatoms. The Hall–Kier alpha value is -3.37. The van der Waals surface area contributed by atoms with Crippen LogP contribution in [-0.2, 0) is 30.5 Å². The van der Waals surface area contributed by atoms with Crippen molar-refractivity contribution in [3.63, 3.8) is 0 Å². The highest BCUT2D eigenvalue weighted by atomic mass is 16.6. The van der Waals surface area contributed by atoms with E-state index in [0.717, 1.165) is 31.3 Å². The van der Waals surface area contributed by atoms with E-state index in [4.69, 9.17) is 18.3 Å². The SMILES string of the molecule is CCC(=O)O[C@H]1CC[C@@]2(C)[C@@H](CC[C@]3(C)[C@@H]2C(=O)C=C2[C@@H]4C[C@@](C)(C(=O)O)CC[C@]4(C)CC[C@]23C)[C@]1(C)NC(=O)OCc1oc(=O)oc1C(C)C. The van der Waals surface area contributed by atoms with Crippen molar-refractivity contribution in [2.75, 3.05) is 0 Å². The largest absolute Gasteiger partial charge is 0.519 e. The minimum absolute atomic E-state index is 0.0140. The third kappa shape index (κ3) is 5.61. The average molecular weight is 712 g/mol. The van der Waals surface area contributed by atoms with E-state index in [9.17, 15) is 29.1 Å². The van der Waals surface area contributed by atoms with Crippen LogP contribution in [0.1, 0.15) is 144 Å². The van der Waals surface area contributed by atoms with E-state index in [1.54, 1.807) is 6.92 Å². The lowest BCUT2D eigenvalue weighted by molar-refractivity contribution is -0.200. The minimum atomic E-state index is -1.07. The predicted octanol–water partition coefficient (Wildman–Crippen LogP) is 7.70. The number of ether oxygens (including phenoxy) is 2. The van der Waals surface area contributed by atoms with Crippen molar-refractivity contribution >= 4 is 23.8 Å². The molecule has 0 aromatic carbocycles. The lowest BCUT2D eigenvalue weighted by Crippen LogP contribution is -2.72. The number of carboxylic acids is 1. The number of esters is 1. The molecule has 282 valence electrons. The van der Waals surface area contributed by atoms with Crippen molar-refractivity contribution < 1.29 is 42.6 Å². The number of hydrogen-bond acceptors (Lipinski definition) is 9. The van der Waals surface area contributed by atoms with Crippen molar-refractivity contribution in [3.05, 3.63) is 33.8 Å². The topological polar surface area (TPSA) is 162 Å². The first-order valence-electron chi connectivity index (χ1n) is 18.9. The van der Waals surface area contributed by atoms with Crippen LogP contribution in [0.15, 0.2) is 25.3 Å². The van der Waals surface area contributed by atoms with Crippen LogP contribution in [-0.4, -0.2) is 40.6 Å². The molecule has 2 N–H and O–H groups in total. The second-order valence-electron chi connectivity index (χ2n) is 18.3. The molecular formula is C40H57NO10. The maximum Gasteiger partial charge on any atom is 0.519 e. The first-order chi connectivity index (χ1) is 23.7. The third-order valence-corrected chi connectivity index (χ3v) is 15.2. The minimum Gasteiger partial charge on any atom is -0.481 e. The van der Waals surface area contributed by atoms with E-state index in [2.05, 4.69) is 33.0 Å². The van der Waals surface area contributed by atoms with Gasteiger partial charge in [-0.3, -0.25) is 14.4 Å². The molecule has 0 aliphatic heterocycles. The zero-order chi connectivity index (χ0) is 37.5. The summed E-state index contributed by atoms with van der Waals surface area (Å²) in [6.45, 7) is 17.9. The van der Waals surface area contributed by atoms with Crippen LogP contribution in [0.5, 0.6) is 0 Å². The molecule has 0 saturated heterocycles. The van der Waals surface area contributed by atoms with E-state index in [1.807, 2.05) is 33.8 Å². The van der Waals surface area contributed by atoms with Gasteiger partial charge in [-0.15, -0.1) is 0 Å². The Bertz CT molecular complexity index is 1710. The summed E-state index contributed by atoms with van der Waals surface area (Å²) in [6.07, 6.45) is 7.08. The van der Waals surface area contributed by atoms with Crippen molar-refractivity contribution in [1.82, 2.24) is 5.32 Å². The zero-order valence-electron chi connectivity index (χ0n) is 31.9. The maximum atomic E-state index is 14.8. The normalized spacial score (nSPS) is 41.7. The Morgan fingerprint density at radius 3 is 2.29 bits per heavy atom. The number of amides is 1. The number of aliphatic carboxylic acids is 1. The van der Waals surface area contributed by atoms with Gasteiger partial charge in [0.15, 0.2) is 23.9 Å². The summed E-state index contributed by atoms with van der Waals surface area (Å²) in [5, 5.41) is 13.3. The number of ketones is 1. The van der Waals surface area contributed by atoms with Crippen LogP contribution in [0.3, 0.4) is 0 Å². The van der Waals surface area contributed by atoms with Crippen LogP contribution in [0.4, 0.5) is 4.79 Å². The molecule has 1 heterocycles. The highest BCUT2D eigenvalue weighted by Crippen LogP contribution is 2.74.